The van der Waals surface area contributed by atoms with Crippen molar-refractivity contribution in [1.82, 2.24) is 0 Å². The Balaban J connectivity index is 0. The van der Waals surface area contributed by atoms with Crippen LogP contribution in [0.5, 0.6) is 0 Å². The van der Waals surface area contributed by atoms with Gasteiger partial charge in [0.1, 0.15) is 0 Å². The van der Waals surface area contributed by atoms with Gasteiger partial charge >= 0.3 is 0 Å². The van der Waals surface area contributed by atoms with Crippen LogP contribution in [0.25, 0.3) is 0 Å². The van der Waals surface area contributed by atoms with Gasteiger partial charge in [0.05, 0.1) is 6.61 Å². The summed E-state index contributed by atoms with van der Waals surface area (Å²) in [4.78, 5) is 0. The first-order chi connectivity index (χ1) is 5.83. The monoisotopic (exact) mass is 237 g/mol. The van der Waals surface area contributed by atoms with Crippen LogP contribution < -0.4 is 5.73 Å². The minimum absolute atomic E-state index is 0. The first kappa shape index (κ1) is 17.1. The van der Waals surface area contributed by atoms with Crippen molar-refractivity contribution in [2.45, 2.75) is 51.0 Å². The Kier molecular flexibility index (Phi) is 12.6. The van der Waals surface area contributed by atoms with E-state index in [9.17, 15) is 0 Å². The summed E-state index contributed by atoms with van der Waals surface area (Å²) in [6.45, 7) is 0.146. The van der Waals surface area contributed by atoms with E-state index < -0.39 is 0 Å². The Hall–Kier alpha value is 0.742. The van der Waals surface area contributed by atoms with Crippen molar-refractivity contribution in [2.24, 2.45) is 11.7 Å². The van der Waals surface area contributed by atoms with Gasteiger partial charge in [0.2, 0.25) is 0 Å². The first-order valence-electron chi connectivity index (χ1n) is 5.19. The molecule has 86 valence electrons. The molecule has 0 amide bonds. The van der Waals surface area contributed by atoms with E-state index in [0.717, 1.165) is 12.3 Å². The number of nitrogens with two attached hydrogens (primary N) is 1. The van der Waals surface area contributed by atoms with Crippen LogP contribution in [0, 0.1) is 5.92 Å². The Morgan fingerprint density at radius 2 is 1.79 bits per heavy atom. The van der Waals surface area contributed by atoms with E-state index in [1.807, 2.05) is 0 Å². The zero-order valence-electron chi connectivity index (χ0n) is 8.24. The summed E-state index contributed by atoms with van der Waals surface area (Å²) in [7, 11) is 0. The molecule has 1 aliphatic carbocycles. The van der Waals surface area contributed by atoms with E-state index in [2.05, 4.69) is 0 Å². The van der Waals surface area contributed by atoms with Crippen LogP contribution in [0.3, 0.4) is 0 Å². The molecule has 0 aromatic heterocycles. The molecule has 0 aromatic rings. The molecular formula is C10H25AlClNO. The molecule has 0 aliphatic heterocycles. The van der Waals surface area contributed by atoms with Crippen molar-refractivity contribution in [2.75, 3.05) is 6.61 Å². The Morgan fingerprint density at radius 3 is 2.29 bits per heavy atom. The zero-order chi connectivity index (χ0) is 8.81. The fourth-order valence-electron chi connectivity index (χ4n) is 2.02. The molecule has 4 heteroatoms. The van der Waals surface area contributed by atoms with E-state index in [-0.39, 0.29) is 42.4 Å². The van der Waals surface area contributed by atoms with E-state index in [4.69, 9.17) is 10.8 Å². The smallest absolute Gasteiger partial charge is 0.187 e. The molecule has 1 aliphatic rings. The second-order valence-electron chi connectivity index (χ2n) is 4.02. The fraction of sp³-hybridized carbons (Fsp3) is 1.00. The van der Waals surface area contributed by atoms with Gasteiger partial charge in [0.25, 0.3) is 0 Å². The minimum Gasteiger partial charge on any atom is -0.395 e. The van der Waals surface area contributed by atoms with E-state index in [1.54, 1.807) is 0 Å². The standard InChI is InChI=1S/C10H21NO.Al.ClH.3H/c11-10(8-12)7-6-9-4-2-1-3-5-9;;;;;/h9-10,12H,1-8,11H2;;1H;;;. The molecule has 0 spiro atoms. The molecule has 1 saturated carbocycles. The summed E-state index contributed by atoms with van der Waals surface area (Å²) in [6.07, 6.45) is 9.22. The molecule has 0 heterocycles. The molecule has 0 bridgehead atoms. The minimum atomic E-state index is 0. The molecule has 0 radical (unpaired) electrons. The van der Waals surface area contributed by atoms with Crippen molar-refractivity contribution < 1.29 is 5.11 Å². The largest absolute Gasteiger partial charge is 0.395 e. The lowest BCUT2D eigenvalue weighted by atomic mass is 9.85. The van der Waals surface area contributed by atoms with Crippen molar-refractivity contribution >= 4 is 29.8 Å². The predicted octanol–water partition coefficient (Wildman–Crippen LogP) is 0.904. The van der Waals surface area contributed by atoms with Gasteiger partial charge < -0.3 is 10.8 Å². The van der Waals surface area contributed by atoms with Crippen molar-refractivity contribution in [3.63, 3.8) is 0 Å². The van der Waals surface area contributed by atoms with Crippen LogP contribution in [0.2, 0.25) is 0 Å². The lowest BCUT2D eigenvalue weighted by Gasteiger charge is -2.22. The highest BCUT2D eigenvalue weighted by molar-refractivity contribution is 5.85. The van der Waals surface area contributed by atoms with Crippen molar-refractivity contribution in [3.8, 4) is 0 Å². The summed E-state index contributed by atoms with van der Waals surface area (Å²) >= 11 is 0. The van der Waals surface area contributed by atoms with Gasteiger partial charge in [-0.05, 0) is 18.8 Å². The van der Waals surface area contributed by atoms with Gasteiger partial charge in [0.15, 0.2) is 17.4 Å². The number of aliphatic hydroxyl groups is 1. The molecule has 3 N–H and O–H groups in total. The lowest BCUT2D eigenvalue weighted by molar-refractivity contribution is 0.243. The molecule has 2 nitrogen and oxygen atoms in total. The normalized spacial score (nSPS) is 19.3. The lowest BCUT2D eigenvalue weighted by Crippen LogP contribution is -2.25. The Morgan fingerprint density at radius 1 is 1.21 bits per heavy atom. The van der Waals surface area contributed by atoms with E-state index in [0.29, 0.717) is 0 Å². The molecule has 0 saturated heterocycles. The second-order valence-corrected chi connectivity index (χ2v) is 4.02. The SMILES string of the molecule is Cl.NC(CO)CCC1CCCCC1.[AlH3]. The quantitative estimate of drug-likeness (QED) is 0.714. The molecule has 0 aromatic carbocycles. The second kappa shape index (κ2) is 10.3. The van der Waals surface area contributed by atoms with Crippen molar-refractivity contribution in [3.05, 3.63) is 0 Å². The molecular weight excluding hydrogens is 213 g/mol. The van der Waals surface area contributed by atoms with E-state index >= 15 is 0 Å². The van der Waals surface area contributed by atoms with Crippen LogP contribution in [0.1, 0.15) is 44.9 Å². The fourth-order valence-corrected chi connectivity index (χ4v) is 2.02. The number of rotatable bonds is 4. The third-order valence-electron chi connectivity index (χ3n) is 2.90. The highest BCUT2D eigenvalue weighted by Crippen LogP contribution is 2.27. The summed E-state index contributed by atoms with van der Waals surface area (Å²) in [5.74, 6) is 0.899. The van der Waals surface area contributed by atoms with Crippen LogP contribution in [0.15, 0.2) is 0 Å². The van der Waals surface area contributed by atoms with Crippen molar-refractivity contribution in [1.29, 1.82) is 0 Å². The molecule has 1 atom stereocenters. The summed E-state index contributed by atoms with van der Waals surface area (Å²) in [5.41, 5.74) is 5.64. The van der Waals surface area contributed by atoms with Gasteiger partial charge in [-0.15, -0.1) is 12.4 Å². The van der Waals surface area contributed by atoms with Crippen LogP contribution in [-0.2, 0) is 0 Å². The van der Waals surface area contributed by atoms with Crippen LogP contribution in [-0.4, -0.2) is 35.1 Å². The molecule has 1 rings (SSSR count). The first-order valence-corrected chi connectivity index (χ1v) is 5.19. The average molecular weight is 238 g/mol. The highest BCUT2D eigenvalue weighted by Gasteiger charge is 2.13. The third-order valence-corrected chi connectivity index (χ3v) is 2.90. The zero-order valence-corrected chi connectivity index (χ0v) is 9.06. The third kappa shape index (κ3) is 7.09. The van der Waals surface area contributed by atoms with Crippen LogP contribution >= 0.6 is 12.4 Å². The van der Waals surface area contributed by atoms with Gasteiger partial charge in [-0.25, -0.2) is 0 Å². The number of aliphatic hydroxyl groups excluding tert-OH is 1. The molecule has 1 fully saturated rings. The maximum Gasteiger partial charge on any atom is 0.187 e. The summed E-state index contributed by atoms with van der Waals surface area (Å²) in [6, 6.07) is 0.0203. The highest BCUT2D eigenvalue weighted by atomic mass is 35.5. The maximum absolute atomic E-state index is 8.74. The Bertz CT molecular complexity index is 121. The van der Waals surface area contributed by atoms with Gasteiger partial charge in [-0.3, -0.25) is 0 Å². The van der Waals surface area contributed by atoms with E-state index in [1.165, 1.54) is 38.5 Å². The number of hydrogen-bond donors (Lipinski definition) is 2. The topological polar surface area (TPSA) is 46.2 Å². The van der Waals surface area contributed by atoms with Crippen LogP contribution in [0.4, 0.5) is 0 Å². The number of hydrogen-bond acceptors (Lipinski definition) is 2. The average Bonchev–Trinajstić information content (AvgIpc) is 2.16. The molecule has 1 unspecified atom stereocenters. The Labute approximate surface area is 104 Å². The van der Waals surface area contributed by atoms with Gasteiger partial charge in [-0.2, -0.15) is 0 Å². The predicted molar refractivity (Wildman–Crippen MR) is 68.1 cm³/mol. The molecule has 14 heavy (non-hydrogen) atoms. The van der Waals surface area contributed by atoms with Gasteiger partial charge in [-0.1, -0.05) is 32.1 Å². The maximum atomic E-state index is 8.74. The summed E-state index contributed by atoms with van der Waals surface area (Å²) < 4.78 is 0. The number of halogens is 1. The summed E-state index contributed by atoms with van der Waals surface area (Å²) in [5, 5.41) is 8.74. The van der Waals surface area contributed by atoms with Gasteiger partial charge in [0, 0.05) is 6.04 Å².